The predicted octanol–water partition coefficient (Wildman–Crippen LogP) is 4.04. The number of hydrogen-bond acceptors (Lipinski definition) is 3. The molecule has 2 aromatic rings. The van der Waals surface area contributed by atoms with Gasteiger partial charge < -0.3 is 14.5 Å². The van der Waals surface area contributed by atoms with Gasteiger partial charge in [-0.2, -0.15) is 13.2 Å². The van der Waals surface area contributed by atoms with E-state index < -0.39 is 17.9 Å². The quantitative estimate of drug-likeness (QED) is 0.825. The Morgan fingerprint density at radius 1 is 1.25 bits per heavy atom. The highest BCUT2D eigenvalue weighted by molar-refractivity contribution is 5.75. The molecule has 1 unspecified atom stereocenters. The van der Waals surface area contributed by atoms with Crippen LogP contribution >= 0.6 is 0 Å². The first-order valence-corrected chi connectivity index (χ1v) is 7.83. The second-order valence-electron chi connectivity index (χ2n) is 6.42. The highest BCUT2D eigenvalue weighted by atomic mass is 19.4. The van der Waals surface area contributed by atoms with Crippen LogP contribution in [0.25, 0.3) is 11.0 Å². The number of hydrogen-bond donors (Lipinski definition) is 1. The molecule has 1 aromatic carbocycles. The fraction of sp³-hybridized carbons (Fsp3) is 0.588. The van der Waals surface area contributed by atoms with E-state index in [0.717, 1.165) is 36.9 Å². The summed E-state index contributed by atoms with van der Waals surface area (Å²) in [5.41, 5.74) is 0.572. The van der Waals surface area contributed by atoms with Crippen LogP contribution in [0.15, 0.2) is 18.2 Å². The second-order valence-corrected chi connectivity index (χ2v) is 6.42. The number of aromatic nitrogens is 2. The van der Waals surface area contributed by atoms with E-state index in [-0.39, 0.29) is 6.42 Å². The summed E-state index contributed by atoms with van der Waals surface area (Å²) < 4.78 is 48.9. The number of benzene rings is 1. The van der Waals surface area contributed by atoms with Crippen molar-refractivity contribution in [1.29, 1.82) is 0 Å². The molecule has 0 radical (unpaired) electrons. The maximum absolute atomic E-state index is 12.9. The molecule has 134 valence electrons. The lowest BCUT2D eigenvalue weighted by Crippen LogP contribution is -2.44. The molecule has 0 aliphatic heterocycles. The van der Waals surface area contributed by atoms with E-state index in [9.17, 15) is 13.2 Å². The summed E-state index contributed by atoms with van der Waals surface area (Å²) in [6, 6.07) is 5.85. The highest BCUT2D eigenvalue weighted by Gasteiger charge is 2.49. The fourth-order valence-corrected chi connectivity index (χ4v) is 2.47. The molecule has 0 fully saturated rings. The maximum Gasteiger partial charge on any atom is 0.416 e. The van der Waals surface area contributed by atoms with Crippen molar-refractivity contribution in [2.24, 2.45) is 0 Å². The maximum atomic E-state index is 12.9. The molecule has 0 spiro atoms. The number of methoxy groups -OCH3 is 1. The van der Waals surface area contributed by atoms with Crippen LogP contribution in [0.1, 0.15) is 32.2 Å². The van der Waals surface area contributed by atoms with E-state index in [0.29, 0.717) is 12.4 Å². The van der Waals surface area contributed by atoms with E-state index in [1.807, 2.05) is 18.2 Å². The van der Waals surface area contributed by atoms with E-state index in [2.05, 4.69) is 9.97 Å². The topological polar surface area (TPSA) is 47.1 Å². The average molecular weight is 344 g/mol. The zero-order valence-electron chi connectivity index (χ0n) is 14.3. The number of H-pyrrole nitrogens is 1. The Morgan fingerprint density at radius 3 is 2.58 bits per heavy atom. The van der Waals surface area contributed by atoms with Crippen molar-refractivity contribution in [1.82, 2.24) is 9.97 Å². The molecule has 24 heavy (non-hydrogen) atoms. The minimum Gasteiger partial charge on any atom is -0.384 e. The van der Waals surface area contributed by atoms with Crippen molar-refractivity contribution in [2.75, 3.05) is 13.7 Å². The van der Waals surface area contributed by atoms with Crippen molar-refractivity contribution in [2.45, 2.75) is 51.5 Å². The van der Waals surface area contributed by atoms with Gasteiger partial charge in [-0.25, -0.2) is 4.98 Å². The molecule has 1 N–H and O–H groups in total. The first-order chi connectivity index (χ1) is 11.1. The van der Waals surface area contributed by atoms with Crippen molar-refractivity contribution in [3.63, 3.8) is 0 Å². The summed E-state index contributed by atoms with van der Waals surface area (Å²) in [4.78, 5) is 7.57. The standard InChI is InChI=1S/C17H23F3N2O2/c1-11(24-16(2,3)17(18,19)20)9-15-21-13-6-5-12(7-8-23-4)10-14(13)22-15/h5-6,10-11H,7-9H2,1-4H3,(H,21,22). The van der Waals surface area contributed by atoms with Gasteiger partial charge in [-0.3, -0.25) is 0 Å². The Bertz CT molecular complexity index is 680. The minimum atomic E-state index is -4.41. The van der Waals surface area contributed by atoms with Crippen LogP contribution < -0.4 is 0 Å². The molecule has 2 rings (SSSR count). The molecule has 0 saturated carbocycles. The van der Waals surface area contributed by atoms with Crippen LogP contribution in [0.5, 0.6) is 0 Å². The van der Waals surface area contributed by atoms with Gasteiger partial charge in [0.05, 0.1) is 23.7 Å². The number of nitrogens with zero attached hydrogens (tertiary/aromatic N) is 1. The molecule has 0 aliphatic carbocycles. The minimum absolute atomic E-state index is 0.279. The fourth-order valence-electron chi connectivity index (χ4n) is 2.47. The molecular formula is C17H23F3N2O2. The Morgan fingerprint density at radius 2 is 1.96 bits per heavy atom. The number of alkyl halides is 3. The van der Waals surface area contributed by atoms with Crippen LogP contribution in [0.3, 0.4) is 0 Å². The Kier molecular flexibility index (Phi) is 5.55. The first kappa shape index (κ1) is 18.7. The third-order valence-electron chi connectivity index (χ3n) is 3.85. The highest BCUT2D eigenvalue weighted by Crippen LogP contribution is 2.34. The molecule has 4 nitrogen and oxygen atoms in total. The largest absolute Gasteiger partial charge is 0.416 e. The van der Waals surface area contributed by atoms with Crippen LogP contribution in [0.2, 0.25) is 0 Å². The zero-order chi connectivity index (χ0) is 18.0. The van der Waals surface area contributed by atoms with Gasteiger partial charge in [0.25, 0.3) is 0 Å². The van der Waals surface area contributed by atoms with Crippen LogP contribution in [-0.2, 0) is 22.3 Å². The SMILES string of the molecule is COCCc1ccc2nc(CC(C)OC(C)(C)C(F)(F)F)[nH]c2c1. The monoisotopic (exact) mass is 344 g/mol. The van der Waals surface area contributed by atoms with E-state index in [1.165, 1.54) is 0 Å². The van der Waals surface area contributed by atoms with E-state index >= 15 is 0 Å². The second kappa shape index (κ2) is 7.11. The lowest BCUT2D eigenvalue weighted by molar-refractivity contribution is -0.274. The van der Waals surface area contributed by atoms with Crippen LogP contribution in [0.4, 0.5) is 13.2 Å². The molecular weight excluding hydrogens is 321 g/mol. The summed E-state index contributed by atoms with van der Waals surface area (Å²) in [6.07, 6.45) is -3.96. The lowest BCUT2D eigenvalue weighted by Gasteiger charge is -2.31. The number of halogens is 3. The lowest BCUT2D eigenvalue weighted by atomic mass is 10.1. The van der Waals surface area contributed by atoms with Crippen molar-refractivity contribution >= 4 is 11.0 Å². The van der Waals surface area contributed by atoms with Gasteiger partial charge in [0.1, 0.15) is 5.82 Å². The van der Waals surface area contributed by atoms with Crippen LogP contribution in [-0.4, -0.2) is 41.6 Å². The number of fused-ring (bicyclic) bond motifs is 1. The summed E-state index contributed by atoms with van der Waals surface area (Å²) in [5.74, 6) is 0.611. The number of imidazole rings is 1. The Balaban J connectivity index is 2.07. The third-order valence-corrected chi connectivity index (χ3v) is 3.85. The van der Waals surface area contributed by atoms with Gasteiger partial charge in [-0.1, -0.05) is 6.07 Å². The van der Waals surface area contributed by atoms with Crippen molar-refractivity contribution in [3.05, 3.63) is 29.6 Å². The normalized spacial score (nSPS) is 14.3. The van der Waals surface area contributed by atoms with Gasteiger partial charge in [-0.05, 0) is 44.9 Å². The van der Waals surface area contributed by atoms with Gasteiger partial charge in [0.15, 0.2) is 5.60 Å². The first-order valence-electron chi connectivity index (χ1n) is 7.83. The van der Waals surface area contributed by atoms with Crippen molar-refractivity contribution in [3.8, 4) is 0 Å². The summed E-state index contributed by atoms with van der Waals surface area (Å²) in [7, 11) is 1.65. The van der Waals surface area contributed by atoms with Gasteiger partial charge >= 0.3 is 6.18 Å². The Labute approximate surface area is 139 Å². The molecule has 1 atom stereocenters. The van der Waals surface area contributed by atoms with Gasteiger partial charge in [-0.15, -0.1) is 0 Å². The third kappa shape index (κ3) is 4.48. The number of rotatable bonds is 7. The molecule has 0 aliphatic rings. The number of nitrogens with one attached hydrogen (secondary N) is 1. The molecule has 0 amide bonds. The number of aromatic amines is 1. The molecule has 1 heterocycles. The van der Waals surface area contributed by atoms with E-state index in [1.54, 1.807) is 14.0 Å². The summed E-state index contributed by atoms with van der Waals surface area (Å²) in [6.45, 7) is 4.31. The smallest absolute Gasteiger partial charge is 0.384 e. The average Bonchev–Trinajstić information content (AvgIpc) is 2.84. The Hall–Kier alpha value is -1.60. The molecule has 0 saturated heterocycles. The summed E-state index contributed by atoms with van der Waals surface area (Å²) >= 11 is 0. The molecule has 7 heteroatoms. The predicted molar refractivity (Wildman–Crippen MR) is 86.1 cm³/mol. The molecule has 1 aromatic heterocycles. The van der Waals surface area contributed by atoms with Gasteiger partial charge in [0.2, 0.25) is 0 Å². The van der Waals surface area contributed by atoms with E-state index in [4.69, 9.17) is 9.47 Å². The van der Waals surface area contributed by atoms with Gasteiger partial charge in [0, 0.05) is 13.5 Å². The van der Waals surface area contributed by atoms with Crippen molar-refractivity contribution < 1.29 is 22.6 Å². The van der Waals surface area contributed by atoms with Crippen LogP contribution in [0, 0.1) is 0 Å². The number of ether oxygens (including phenoxy) is 2. The zero-order valence-corrected chi connectivity index (χ0v) is 14.3. The molecule has 0 bridgehead atoms. The summed E-state index contributed by atoms with van der Waals surface area (Å²) in [5, 5.41) is 0.